The maximum absolute atomic E-state index is 9.48. The minimum atomic E-state index is -0.147. The van der Waals surface area contributed by atoms with Crippen LogP contribution in [0.3, 0.4) is 0 Å². The van der Waals surface area contributed by atoms with Crippen LogP contribution in [0.25, 0.3) is 0 Å². The molecule has 0 unspecified atom stereocenters. The molecule has 0 aromatic carbocycles. The number of hydrogen-bond donors (Lipinski definition) is 2. The fourth-order valence-electron chi connectivity index (χ4n) is 3.73. The summed E-state index contributed by atoms with van der Waals surface area (Å²) < 4.78 is 0. The van der Waals surface area contributed by atoms with Gasteiger partial charge in [-0.1, -0.05) is 12.8 Å². The van der Waals surface area contributed by atoms with E-state index in [1.165, 1.54) is 38.8 Å². The highest BCUT2D eigenvalue weighted by molar-refractivity contribution is 5.39. The monoisotopic (exact) mass is 318 g/mol. The van der Waals surface area contributed by atoms with Crippen LogP contribution >= 0.6 is 0 Å². The molecule has 1 saturated heterocycles. The van der Waals surface area contributed by atoms with Gasteiger partial charge in [0, 0.05) is 29.8 Å². The van der Waals surface area contributed by atoms with E-state index in [1.807, 2.05) is 0 Å². The first-order valence-electron chi connectivity index (χ1n) is 9.02. The first-order chi connectivity index (χ1) is 11.0. The SMILES string of the molecule is CC(C)(CN1CCCCCC1)Nc1cc(C2CC(O)C2)ncn1. The Kier molecular flexibility index (Phi) is 5.17. The number of likely N-dealkylation sites (tertiary alicyclic amines) is 1. The van der Waals surface area contributed by atoms with Gasteiger partial charge in [-0.05, 0) is 52.6 Å². The molecule has 0 spiro atoms. The maximum atomic E-state index is 9.48. The number of aromatic nitrogens is 2. The summed E-state index contributed by atoms with van der Waals surface area (Å²) in [5, 5.41) is 13.1. The highest BCUT2D eigenvalue weighted by atomic mass is 16.3. The molecule has 0 bridgehead atoms. The lowest BCUT2D eigenvalue weighted by atomic mass is 9.80. The predicted octanol–water partition coefficient (Wildman–Crippen LogP) is 2.78. The predicted molar refractivity (Wildman–Crippen MR) is 92.6 cm³/mol. The Morgan fingerprint density at radius 1 is 1.17 bits per heavy atom. The second-order valence-corrected chi connectivity index (χ2v) is 7.85. The number of nitrogens with zero attached hydrogens (tertiary/aromatic N) is 3. The molecular weight excluding hydrogens is 288 g/mol. The summed E-state index contributed by atoms with van der Waals surface area (Å²) in [6.45, 7) is 7.94. The van der Waals surface area contributed by atoms with E-state index in [9.17, 15) is 5.11 Å². The summed E-state index contributed by atoms with van der Waals surface area (Å²) in [4.78, 5) is 11.3. The van der Waals surface area contributed by atoms with Gasteiger partial charge in [-0.2, -0.15) is 0 Å². The molecule has 2 fully saturated rings. The third-order valence-electron chi connectivity index (χ3n) is 5.00. The molecule has 3 rings (SSSR count). The summed E-state index contributed by atoms with van der Waals surface area (Å²) in [5.41, 5.74) is 1.04. The van der Waals surface area contributed by atoms with E-state index in [1.54, 1.807) is 6.33 Å². The summed E-state index contributed by atoms with van der Waals surface area (Å²) in [5.74, 6) is 1.29. The topological polar surface area (TPSA) is 61.3 Å². The standard InChI is InChI=1S/C18H30N4O/c1-18(2,12-22-7-5-3-4-6-8-22)21-17-11-16(19-13-20-17)14-9-15(23)10-14/h11,13-15,23H,3-10,12H2,1-2H3,(H,19,20,21). The molecule has 23 heavy (non-hydrogen) atoms. The third kappa shape index (κ3) is 4.64. The maximum Gasteiger partial charge on any atom is 0.130 e. The summed E-state index contributed by atoms with van der Waals surface area (Å²) >= 11 is 0. The minimum Gasteiger partial charge on any atom is -0.393 e. The van der Waals surface area contributed by atoms with Crippen LogP contribution in [0, 0.1) is 0 Å². The molecular formula is C18H30N4O. The summed E-state index contributed by atoms with van der Waals surface area (Å²) in [6, 6.07) is 2.06. The molecule has 5 heteroatoms. The lowest BCUT2D eigenvalue weighted by molar-refractivity contribution is 0.0732. The second-order valence-electron chi connectivity index (χ2n) is 7.85. The van der Waals surface area contributed by atoms with Crippen LogP contribution in [-0.4, -0.2) is 51.3 Å². The Hall–Kier alpha value is -1.20. The number of aliphatic hydroxyl groups excluding tert-OH is 1. The second kappa shape index (κ2) is 7.14. The molecule has 0 atom stereocenters. The van der Waals surface area contributed by atoms with Crippen LogP contribution in [0.5, 0.6) is 0 Å². The smallest absolute Gasteiger partial charge is 0.130 e. The zero-order chi connectivity index (χ0) is 16.3. The molecule has 2 heterocycles. The van der Waals surface area contributed by atoms with Crippen molar-refractivity contribution in [2.24, 2.45) is 0 Å². The zero-order valence-corrected chi connectivity index (χ0v) is 14.5. The number of aliphatic hydroxyl groups is 1. The lowest BCUT2D eigenvalue weighted by Crippen LogP contribution is -2.44. The highest BCUT2D eigenvalue weighted by Crippen LogP contribution is 2.36. The Bertz CT molecular complexity index is 505. The molecule has 0 radical (unpaired) electrons. The van der Waals surface area contributed by atoms with Gasteiger partial charge >= 0.3 is 0 Å². The van der Waals surface area contributed by atoms with E-state index in [0.29, 0.717) is 5.92 Å². The van der Waals surface area contributed by atoms with Gasteiger partial charge in [0.05, 0.1) is 6.10 Å². The first kappa shape index (κ1) is 16.7. The van der Waals surface area contributed by atoms with Crippen LogP contribution in [0.2, 0.25) is 0 Å². The fraction of sp³-hybridized carbons (Fsp3) is 0.778. The molecule has 2 N–H and O–H groups in total. The van der Waals surface area contributed by atoms with Gasteiger partial charge in [0.2, 0.25) is 0 Å². The normalized spacial score (nSPS) is 26.4. The van der Waals surface area contributed by atoms with Crippen molar-refractivity contribution in [3.05, 3.63) is 18.1 Å². The Morgan fingerprint density at radius 3 is 2.52 bits per heavy atom. The fourth-order valence-corrected chi connectivity index (χ4v) is 3.73. The molecule has 128 valence electrons. The lowest BCUT2D eigenvalue weighted by Gasteiger charge is -2.34. The van der Waals surface area contributed by atoms with Crippen molar-refractivity contribution < 1.29 is 5.11 Å². The largest absolute Gasteiger partial charge is 0.393 e. The molecule has 1 aromatic rings. The van der Waals surface area contributed by atoms with E-state index >= 15 is 0 Å². The van der Waals surface area contributed by atoms with Crippen molar-refractivity contribution in [2.75, 3.05) is 25.0 Å². The van der Waals surface area contributed by atoms with Crippen molar-refractivity contribution in [2.45, 2.75) is 69.9 Å². The molecule has 2 aliphatic rings. The average Bonchev–Trinajstić information content (AvgIpc) is 2.71. The van der Waals surface area contributed by atoms with E-state index < -0.39 is 0 Å². The van der Waals surface area contributed by atoms with E-state index in [4.69, 9.17) is 0 Å². The van der Waals surface area contributed by atoms with E-state index in [-0.39, 0.29) is 11.6 Å². The minimum absolute atomic E-state index is 0.0188. The Balaban J connectivity index is 1.59. The van der Waals surface area contributed by atoms with E-state index in [0.717, 1.165) is 30.9 Å². The molecule has 1 aromatic heterocycles. The third-order valence-corrected chi connectivity index (χ3v) is 5.00. The van der Waals surface area contributed by atoms with Crippen molar-refractivity contribution in [3.8, 4) is 0 Å². The quantitative estimate of drug-likeness (QED) is 0.874. The van der Waals surface area contributed by atoms with Crippen molar-refractivity contribution in [1.29, 1.82) is 0 Å². The van der Waals surface area contributed by atoms with Gasteiger partial charge in [0.15, 0.2) is 0 Å². The molecule has 1 aliphatic heterocycles. The Labute approximate surface area is 139 Å². The van der Waals surface area contributed by atoms with Gasteiger partial charge in [-0.3, -0.25) is 0 Å². The summed E-state index contributed by atoms with van der Waals surface area (Å²) in [7, 11) is 0. The van der Waals surface area contributed by atoms with Gasteiger partial charge in [0.1, 0.15) is 12.1 Å². The van der Waals surface area contributed by atoms with Crippen molar-refractivity contribution in [1.82, 2.24) is 14.9 Å². The Morgan fingerprint density at radius 2 is 1.87 bits per heavy atom. The van der Waals surface area contributed by atoms with Crippen LogP contribution in [0.4, 0.5) is 5.82 Å². The molecule has 1 saturated carbocycles. The first-order valence-corrected chi connectivity index (χ1v) is 9.02. The molecule has 1 aliphatic carbocycles. The number of hydrogen-bond acceptors (Lipinski definition) is 5. The van der Waals surface area contributed by atoms with Gasteiger partial charge in [-0.25, -0.2) is 9.97 Å². The van der Waals surface area contributed by atoms with Crippen LogP contribution < -0.4 is 5.32 Å². The summed E-state index contributed by atoms with van der Waals surface area (Å²) in [6.07, 6.45) is 8.52. The van der Waals surface area contributed by atoms with Crippen molar-refractivity contribution in [3.63, 3.8) is 0 Å². The van der Waals surface area contributed by atoms with E-state index in [2.05, 4.69) is 40.1 Å². The number of anilines is 1. The van der Waals surface area contributed by atoms with Crippen LogP contribution in [0.15, 0.2) is 12.4 Å². The van der Waals surface area contributed by atoms with Crippen LogP contribution in [-0.2, 0) is 0 Å². The van der Waals surface area contributed by atoms with Gasteiger partial charge < -0.3 is 15.3 Å². The van der Waals surface area contributed by atoms with Crippen molar-refractivity contribution >= 4 is 5.82 Å². The van der Waals surface area contributed by atoms with Gasteiger partial charge in [0.25, 0.3) is 0 Å². The van der Waals surface area contributed by atoms with Gasteiger partial charge in [-0.15, -0.1) is 0 Å². The number of rotatable bonds is 5. The van der Waals surface area contributed by atoms with Crippen LogP contribution in [0.1, 0.15) is 64.0 Å². The zero-order valence-electron chi connectivity index (χ0n) is 14.5. The molecule has 0 amide bonds. The average molecular weight is 318 g/mol. The highest BCUT2D eigenvalue weighted by Gasteiger charge is 2.30. The number of nitrogens with one attached hydrogen (secondary N) is 1. The molecule has 5 nitrogen and oxygen atoms in total.